The van der Waals surface area contributed by atoms with Gasteiger partial charge in [0.2, 0.25) is 0 Å². The highest BCUT2D eigenvalue weighted by molar-refractivity contribution is 6.31. The van der Waals surface area contributed by atoms with Crippen molar-refractivity contribution in [2.24, 2.45) is 0 Å². The van der Waals surface area contributed by atoms with E-state index in [1.165, 1.54) is 56.3 Å². The molecule has 0 unspecified atom stereocenters. The molecule has 0 radical (unpaired) electrons. The van der Waals surface area contributed by atoms with E-state index in [1.54, 1.807) is 0 Å². The van der Waals surface area contributed by atoms with Gasteiger partial charge in [-0.25, -0.2) is 15.0 Å². The molecule has 0 aliphatic carbocycles. The summed E-state index contributed by atoms with van der Waals surface area (Å²) in [6.45, 7) is 59.6. The van der Waals surface area contributed by atoms with Crippen molar-refractivity contribution in [3.8, 4) is 0 Å². The summed E-state index contributed by atoms with van der Waals surface area (Å²) in [5, 5.41) is 12.9. The number of halogens is 2. The lowest BCUT2D eigenvalue weighted by atomic mass is 10.1. The third-order valence-electron chi connectivity index (χ3n) is 22.7. The molecule has 6 aromatic heterocycles. The van der Waals surface area contributed by atoms with Crippen LogP contribution in [0.1, 0.15) is 164 Å². The number of benzene rings is 6. The van der Waals surface area contributed by atoms with Crippen molar-refractivity contribution in [1.29, 1.82) is 0 Å². The predicted molar refractivity (Wildman–Crippen MR) is 487 cm³/mol. The van der Waals surface area contributed by atoms with Crippen molar-refractivity contribution in [3.63, 3.8) is 0 Å². The molecule has 0 N–H and O–H groups in total. The minimum atomic E-state index is 0.494. The van der Waals surface area contributed by atoms with Gasteiger partial charge in [-0.05, 0) is 221 Å². The van der Waals surface area contributed by atoms with E-state index in [9.17, 15) is 0 Å². The average molecular weight is 1620 g/mol. The van der Waals surface area contributed by atoms with Crippen LogP contribution in [0.5, 0.6) is 0 Å². The van der Waals surface area contributed by atoms with Crippen LogP contribution in [0.15, 0.2) is 147 Å². The fourth-order valence-electron chi connectivity index (χ4n) is 14.2. The number of hydrogen-bond acceptors (Lipinski definition) is 15. The Kier molecular flexibility index (Phi) is 39.2. The van der Waals surface area contributed by atoms with Crippen LogP contribution in [0.3, 0.4) is 0 Å². The molecule has 0 bridgehead atoms. The Morgan fingerprint density at radius 3 is 0.828 bits per heavy atom. The Labute approximate surface area is 705 Å². The molecule has 12 aromatic rings. The van der Waals surface area contributed by atoms with Gasteiger partial charge in [0.15, 0.2) is 0 Å². The fraction of sp³-hybridized carbons (Fsp3) is 0.500. The quantitative estimate of drug-likeness (QED) is 0.0801. The van der Waals surface area contributed by atoms with Gasteiger partial charge in [0.25, 0.3) is 0 Å². The maximum Gasteiger partial charge on any atom is 0.136 e. The zero-order valence-corrected chi connectivity index (χ0v) is 76.5. The summed E-state index contributed by atoms with van der Waals surface area (Å²) in [6, 6.07) is 48.8. The molecule has 20 heteroatoms. The molecule has 6 aromatic carbocycles. The highest BCUT2D eigenvalue weighted by atomic mass is 35.5. The Balaban J connectivity index is 0.000000204. The molecule has 3 atom stereocenters. The number of aryl methyl sites for hydroxylation is 15. The minimum Gasteiger partial charge on any atom is -0.361 e. The van der Waals surface area contributed by atoms with Gasteiger partial charge in [0.05, 0.1) is 50.2 Å². The van der Waals surface area contributed by atoms with E-state index < -0.39 is 0 Å². The van der Waals surface area contributed by atoms with Gasteiger partial charge < -0.3 is 42.0 Å². The number of fused-ring (bicyclic) bond motifs is 3. The summed E-state index contributed by atoms with van der Waals surface area (Å²) < 4.78 is 21.9. The van der Waals surface area contributed by atoms with Crippen LogP contribution >= 0.6 is 23.2 Å². The fourth-order valence-corrected chi connectivity index (χ4v) is 14.6. The van der Waals surface area contributed by atoms with E-state index in [0.29, 0.717) is 18.1 Å². The summed E-state index contributed by atoms with van der Waals surface area (Å²) >= 11 is 12.7. The van der Waals surface area contributed by atoms with Crippen molar-refractivity contribution in [2.75, 3.05) is 99.7 Å². The highest BCUT2D eigenvalue weighted by Gasteiger charge is 2.26. The first-order chi connectivity index (χ1) is 55.8. The lowest BCUT2D eigenvalue weighted by molar-refractivity contribution is 0.110. The Bertz CT molecular complexity index is 4530. The van der Waals surface area contributed by atoms with Gasteiger partial charge >= 0.3 is 0 Å². The predicted octanol–water partition coefficient (Wildman–Crippen LogP) is 20.5. The van der Waals surface area contributed by atoms with E-state index in [4.69, 9.17) is 51.7 Å². The van der Waals surface area contributed by atoms with Crippen molar-refractivity contribution < 1.29 is 13.6 Å². The summed E-state index contributed by atoms with van der Waals surface area (Å²) in [6.07, 6.45) is 5.76. The molecule has 3 aliphatic heterocycles. The maximum absolute atomic E-state index is 6.33. The van der Waals surface area contributed by atoms with Gasteiger partial charge in [-0.2, -0.15) is 0 Å². The van der Waals surface area contributed by atoms with Crippen LogP contribution in [-0.2, 0) is 58.2 Å². The van der Waals surface area contributed by atoms with Gasteiger partial charge in [-0.15, -0.1) is 0 Å². The van der Waals surface area contributed by atoms with Crippen LogP contribution in [-0.4, -0.2) is 191 Å². The Morgan fingerprint density at radius 1 is 0.328 bits per heavy atom. The molecule has 0 saturated carbocycles. The van der Waals surface area contributed by atoms with Crippen molar-refractivity contribution >= 4 is 56.3 Å². The van der Waals surface area contributed by atoms with Crippen LogP contribution < -0.4 is 0 Å². The average Bonchev–Trinajstić information content (AvgIpc) is 1.66. The molecule has 15 rings (SSSR count). The molecule has 0 amide bonds. The van der Waals surface area contributed by atoms with E-state index >= 15 is 0 Å². The second-order valence-corrected chi connectivity index (χ2v) is 31.8. The molecule has 630 valence electrons. The van der Waals surface area contributed by atoms with Crippen molar-refractivity contribution in [3.05, 3.63) is 245 Å². The lowest BCUT2D eigenvalue weighted by Gasteiger charge is -2.36. The summed E-state index contributed by atoms with van der Waals surface area (Å²) in [4.78, 5) is 30.0. The van der Waals surface area contributed by atoms with Crippen LogP contribution in [0.25, 0.3) is 33.1 Å². The van der Waals surface area contributed by atoms with Crippen molar-refractivity contribution in [2.45, 2.75) is 222 Å². The number of para-hydroxylation sites is 6. The van der Waals surface area contributed by atoms with Crippen molar-refractivity contribution in [1.82, 2.24) is 73.5 Å². The molecule has 3 saturated heterocycles. The summed E-state index contributed by atoms with van der Waals surface area (Å²) in [5.74, 6) is 6.31. The molecular formula is C96H139Cl2N15O3. The number of imidazole rings is 3. The van der Waals surface area contributed by atoms with Gasteiger partial charge in [-0.3, -0.25) is 14.7 Å². The molecular weight excluding hydrogens is 1480 g/mol. The second-order valence-electron chi connectivity index (χ2n) is 30.9. The molecule has 3 fully saturated rings. The normalized spacial score (nSPS) is 14.9. The summed E-state index contributed by atoms with van der Waals surface area (Å²) in [5.41, 5.74) is 21.0. The SMILES string of the molecule is CC.CC.CC.Cc1ccc(CCc2nc3ccccc3n2C[C@H](C)N2CCN(C)CC2)cc1.Cc1ccc(CCc2nc3ccccc3n2C[C@H](C)N2CCN(C)CC2)cc1Cl.Cc1ccc(CCc2nc3ccccc3n2C[C@H](C)N2CCN(C)CC2)cc1Cl.Cc1noc(C)c1C.Cc1noc(C)c1C.Cc1noc(C)c1C. The first-order valence-corrected chi connectivity index (χ1v) is 43.4. The number of rotatable bonds is 18. The van der Waals surface area contributed by atoms with E-state index in [1.807, 2.05) is 118 Å². The topological polar surface area (TPSA) is 151 Å². The summed E-state index contributed by atoms with van der Waals surface area (Å²) in [7, 11) is 6.64. The zero-order valence-electron chi connectivity index (χ0n) is 75.0. The van der Waals surface area contributed by atoms with Crippen LogP contribution in [0, 0.1) is 83.1 Å². The van der Waals surface area contributed by atoms with Gasteiger partial charge in [0, 0.05) is 162 Å². The zero-order chi connectivity index (χ0) is 84.7. The number of nitrogens with zero attached hydrogens (tertiary/aromatic N) is 15. The maximum atomic E-state index is 6.33. The molecule has 116 heavy (non-hydrogen) atoms. The monoisotopic (exact) mass is 1620 g/mol. The molecule has 3 aliphatic rings. The first-order valence-electron chi connectivity index (χ1n) is 42.6. The van der Waals surface area contributed by atoms with Crippen LogP contribution in [0.4, 0.5) is 0 Å². The third-order valence-corrected chi connectivity index (χ3v) is 23.5. The minimum absolute atomic E-state index is 0.494. The number of piperazine rings is 3. The largest absolute Gasteiger partial charge is 0.361 e. The van der Waals surface area contributed by atoms with E-state index in [-0.39, 0.29) is 0 Å². The lowest BCUT2D eigenvalue weighted by Crippen LogP contribution is -2.49. The molecule has 18 nitrogen and oxygen atoms in total. The highest BCUT2D eigenvalue weighted by Crippen LogP contribution is 2.27. The Morgan fingerprint density at radius 2 is 0.586 bits per heavy atom. The van der Waals surface area contributed by atoms with Gasteiger partial charge in [-0.1, -0.05) is 171 Å². The standard InChI is InChI=1S/2C24H31ClN4.C24H32N4.3C6H9NO.3C2H6/c2*1-18-8-9-20(16-21(18)25)10-11-24-26-22-6-4-5-7-23(22)29(24)17-19(2)28-14-12-27(3)13-15-28;1-19-8-10-21(11-9-19)12-13-24-25-22-6-4-5-7-23(22)28(24)18-20(2)27-16-14-26(3)15-17-27;3*1-4-5(2)7-8-6(4)3;3*1-2/h2*4-9,16,19H,10-15,17H2,1-3H3;4-11,20H,12-18H2,1-3H3;3*1-3H3;3*1-2H3/t2*19-;20-;;;;;;/m000....../s1. The number of likely N-dealkylation sites (N-methyl/N-ethyl adjacent to an activating group) is 3. The van der Waals surface area contributed by atoms with E-state index in [2.05, 4.69) is 241 Å². The van der Waals surface area contributed by atoms with Crippen LogP contribution in [0.2, 0.25) is 10.0 Å². The van der Waals surface area contributed by atoms with E-state index in [0.717, 1.165) is 225 Å². The smallest absolute Gasteiger partial charge is 0.136 e. The first kappa shape index (κ1) is 94.8. The second kappa shape index (κ2) is 47.9. The molecule has 0 spiro atoms. The molecule has 9 heterocycles. The third kappa shape index (κ3) is 27.7. The Hall–Kier alpha value is -8.30. The number of hydrogen-bond donors (Lipinski definition) is 0. The number of aromatic nitrogens is 9. The van der Waals surface area contributed by atoms with Gasteiger partial charge in [0.1, 0.15) is 34.8 Å².